The molecule has 0 saturated heterocycles. The van der Waals surface area contributed by atoms with E-state index in [0.29, 0.717) is 21.5 Å². The van der Waals surface area contributed by atoms with Crippen LogP contribution in [0.5, 0.6) is 11.5 Å². The van der Waals surface area contributed by atoms with Crippen LogP contribution in [0.25, 0.3) is 0 Å². The molecule has 13 heteroatoms. The maximum Gasteiger partial charge on any atom is 0.215 e. The van der Waals surface area contributed by atoms with Crippen LogP contribution in [0, 0.1) is 0 Å². The molecule has 0 spiro atoms. The summed E-state index contributed by atoms with van der Waals surface area (Å²) in [6, 6.07) is 14.2. The molecule has 0 amide bonds. The molecular weight excluding hydrogens is 471 g/mol. The smallest absolute Gasteiger partial charge is 0.215 e. The maximum absolute atomic E-state index is 6.50. The fourth-order valence-electron chi connectivity index (χ4n) is 3.04. The molecule has 33 heavy (non-hydrogen) atoms. The monoisotopic (exact) mass is 490 g/mol. The Morgan fingerprint density at radius 3 is 1.52 bits per heavy atom. The van der Waals surface area contributed by atoms with E-state index in [1.165, 1.54) is 22.2 Å². The molecule has 0 bridgehead atoms. The lowest BCUT2D eigenvalue weighted by molar-refractivity contribution is -0.261. The Morgan fingerprint density at radius 2 is 1.15 bits per heavy atom. The Bertz CT molecular complexity index is 1090. The number of nitrogens with zero attached hydrogens (tertiary/aromatic N) is 8. The minimum Gasteiger partial charge on any atom is -0.487 e. The predicted octanol–water partition coefficient (Wildman–Crippen LogP) is 3.19. The van der Waals surface area contributed by atoms with Crippen molar-refractivity contribution in [3.05, 3.63) is 71.2 Å². The summed E-state index contributed by atoms with van der Waals surface area (Å²) in [5.74, 6) is 0.948. The van der Waals surface area contributed by atoms with Crippen LogP contribution in [0.1, 0.15) is 13.8 Å². The zero-order valence-corrected chi connectivity index (χ0v) is 19.3. The highest BCUT2D eigenvalue weighted by Gasteiger charge is 2.43. The van der Waals surface area contributed by atoms with E-state index in [-0.39, 0.29) is 13.2 Å². The fourth-order valence-corrected chi connectivity index (χ4v) is 3.42. The molecule has 0 fully saturated rings. The van der Waals surface area contributed by atoms with Crippen LogP contribution in [0.15, 0.2) is 61.2 Å². The summed E-state index contributed by atoms with van der Waals surface area (Å²) in [7, 11) is 0. The first-order valence-corrected chi connectivity index (χ1v) is 10.6. The molecule has 2 atom stereocenters. The van der Waals surface area contributed by atoms with Crippen molar-refractivity contribution in [2.75, 3.05) is 13.2 Å². The lowest BCUT2D eigenvalue weighted by Gasteiger charge is -2.37. The number of tetrazole rings is 2. The third-order valence-electron chi connectivity index (χ3n) is 4.65. The minimum absolute atomic E-state index is 0.0243. The normalized spacial score (nSPS) is 14.9. The van der Waals surface area contributed by atoms with E-state index in [0.717, 1.165) is 0 Å². The first kappa shape index (κ1) is 22.9. The van der Waals surface area contributed by atoms with Crippen LogP contribution in [0.4, 0.5) is 0 Å². The van der Waals surface area contributed by atoms with Crippen molar-refractivity contribution in [2.24, 2.45) is 0 Å². The summed E-state index contributed by atoms with van der Waals surface area (Å²) in [4.78, 5) is 2.57. The molecule has 2 aromatic carbocycles. The van der Waals surface area contributed by atoms with Gasteiger partial charge < -0.3 is 14.2 Å². The predicted molar refractivity (Wildman–Crippen MR) is 118 cm³/mol. The molecule has 0 N–H and O–H groups in total. The number of aromatic nitrogens is 8. The Balaban J connectivity index is 1.63. The standard InChI is InChI=1S/C20H20Cl2N8O3/c1-19(29-25-13-23-27-29,11-31-17-9-5-3-7-15(17)21)33-20(2,30-26-14-24-28-30)12-32-18-10-6-4-8-16(18)22/h3-10,13-14H,11-12H2,1-2H3. The number of hydrogen-bond acceptors (Lipinski definition) is 9. The van der Waals surface area contributed by atoms with Crippen molar-refractivity contribution in [2.45, 2.75) is 25.3 Å². The highest BCUT2D eigenvalue weighted by Crippen LogP contribution is 2.32. The third kappa shape index (κ3) is 5.21. The van der Waals surface area contributed by atoms with Gasteiger partial charge in [-0.05, 0) is 48.5 Å². The summed E-state index contributed by atoms with van der Waals surface area (Å²) in [6.07, 6.45) is 2.59. The number of ether oxygens (including phenoxy) is 3. The third-order valence-corrected chi connectivity index (χ3v) is 5.27. The lowest BCUT2D eigenvalue weighted by atomic mass is 10.2. The average Bonchev–Trinajstić information content (AvgIpc) is 3.53. The van der Waals surface area contributed by atoms with Gasteiger partial charge in [0.2, 0.25) is 11.4 Å². The first-order valence-electron chi connectivity index (χ1n) is 9.81. The first-order chi connectivity index (χ1) is 15.9. The molecule has 2 unspecified atom stereocenters. The summed E-state index contributed by atoms with van der Waals surface area (Å²) in [6.45, 7) is 3.42. The number of halogens is 2. The second-order valence-electron chi connectivity index (χ2n) is 7.34. The molecule has 0 aliphatic carbocycles. The number of hydrogen-bond donors (Lipinski definition) is 0. The van der Waals surface area contributed by atoms with Crippen LogP contribution in [0.3, 0.4) is 0 Å². The number of rotatable bonds is 10. The van der Waals surface area contributed by atoms with E-state index in [1.54, 1.807) is 38.1 Å². The summed E-state index contributed by atoms with van der Waals surface area (Å²) >= 11 is 12.5. The summed E-state index contributed by atoms with van der Waals surface area (Å²) < 4.78 is 18.4. The van der Waals surface area contributed by atoms with Crippen molar-refractivity contribution in [3.8, 4) is 11.5 Å². The Labute approximate surface area is 199 Å². The lowest BCUT2D eigenvalue weighted by Crippen LogP contribution is -2.52. The van der Waals surface area contributed by atoms with Crippen LogP contribution < -0.4 is 9.47 Å². The SMILES string of the molecule is CC(COc1ccccc1Cl)(OC(C)(COc1ccccc1Cl)n1ncnn1)n1ncnn1. The molecule has 0 aliphatic heterocycles. The summed E-state index contributed by atoms with van der Waals surface area (Å²) in [5.41, 5.74) is -2.55. The molecule has 2 heterocycles. The van der Waals surface area contributed by atoms with Gasteiger partial charge in [-0.1, -0.05) is 47.5 Å². The Morgan fingerprint density at radius 1 is 0.727 bits per heavy atom. The second-order valence-corrected chi connectivity index (χ2v) is 8.16. The molecule has 0 aliphatic rings. The highest BCUT2D eigenvalue weighted by atomic mass is 35.5. The minimum atomic E-state index is -1.28. The molecule has 0 saturated carbocycles. The fraction of sp³-hybridized carbons (Fsp3) is 0.300. The zero-order valence-electron chi connectivity index (χ0n) is 17.7. The molecule has 4 aromatic rings. The molecule has 4 rings (SSSR count). The van der Waals surface area contributed by atoms with Crippen LogP contribution in [0.2, 0.25) is 10.0 Å². The van der Waals surface area contributed by atoms with Gasteiger partial charge in [0, 0.05) is 0 Å². The van der Waals surface area contributed by atoms with Crippen molar-refractivity contribution >= 4 is 23.2 Å². The van der Waals surface area contributed by atoms with Gasteiger partial charge in [0.05, 0.1) is 10.0 Å². The van der Waals surface area contributed by atoms with Crippen molar-refractivity contribution < 1.29 is 14.2 Å². The zero-order chi connectivity index (χ0) is 23.3. The van der Waals surface area contributed by atoms with Gasteiger partial charge in [-0.3, -0.25) is 0 Å². The van der Waals surface area contributed by atoms with Gasteiger partial charge in [0.1, 0.15) is 24.7 Å². The van der Waals surface area contributed by atoms with Crippen molar-refractivity contribution in [1.29, 1.82) is 0 Å². The van der Waals surface area contributed by atoms with E-state index in [1.807, 2.05) is 24.3 Å². The van der Waals surface area contributed by atoms with E-state index in [9.17, 15) is 0 Å². The quantitative estimate of drug-likeness (QED) is 0.330. The molecule has 11 nitrogen and oxygen atoms in total. The largest absolute Gasteiger partial charge is 0.487 e. The summed E-state index contributed by atoms with van der Waals surface area (Å²) in [5, 5.41) is 24.8. The van der Waals surface area contributed by atoms with Gasteiger partial charge in [-0.2, -0.15) is 0 Å². The number of para-hydroxylation sites is 2. The van der Waals surface area contributed by atoms with Crippen LogP contribution in [-0.4, -0.2) is 53.6 Å². The van der Waals surface area contributed by atoms with Crippen LogP contribution >= 0.6 is 23.2 Å². The van der Waals surface area contributed by atoms with Gasteiger partial charge in [0.15, 0.2) is 12.7 Å². The van der Waals surface area contributed by atoms with E-state index >= 15 is 0 Å². The number of benzene rings is 2. The molecule has 172 valence electrons. The van der Waals surface area contributed by atoms with Gasteiger partial charge in [-0.25, -0.2) is 0 Å². The van der Waals surface area contributed by atoms with Crippen molar-refractivity contribution in [1.82, 2.24) is 40.4 Å². The molecule has 0 radical (unpaired) electrons. The van der Waals surface area contributed by atoms with Crippen LogP contribution in [-0.2, 0) is 16.2 Å². The van der Waals surface area contributed by atoms with Gasteiger partial charge >= 0.3 is 0 Å². The van der Waals surface area contributed by atoms with Crippen molar-refractivity contribution in [3.63, 3.8) is 0 Å². The Hall–Kier alpha value is -3.28. The van der Waals surface area contributed by atoms with E-state index < -0.39 is 11.4 Å². The highest BCUT2D eigenvalue weighted by molar-refractivity contribution is 6.32. The maximum atomic E-state index is 6.50. The molecular formula is C20H20Cl2N8O3. The topological polar surface area (TPSA) is 115 Å². The second kappa shape index (κ2) is 9.69. The molecule has 2 aromatic heterocycles. The Kier molecular flexibility index (Phi) is 6.72. The van der Waals surface area contributed by atoms with Gasteiger partial charge in [0.25, 0.3) is 0 Å². The van der Waals surface area contributed by atoms with E-state index in [4.69, 9.17) is 37.4 Å². The average molecular weight is 491 g/mol. The van der Waals surface area contributed by atoms with E-state index in [2.05, 4.69) is 30.8 Å². The van der Waals surface area contributed by atoms with Gasteiger partial charge in [-0.15, -0.1) is 30.0 Å².